The highest BCUT2D eigenvalue weighted by Crippen LogP contribution is 2.45. The minimum atomic E-state index is -1.58. The van der Waals surface area contributed by atoms with E-state index in [1.165, 1.54) is 25.0 Å². The summed E-state index contributed by atoms with van der Waals surface area (Å²) in [4.78, 5) is 62.1. The molecule has 0 spiro atoms. The molecule has 4 fully saturated rings. The van der Waals surface area contributed by atoms with E-state index in [0.717, 1.165) is 0 Å². The van der Waals surface area contributed by atoms with Gasteiger partial charge in [0.15, 0.2) is 17.7 Å². The molecule has 0 unspecified atom stereocenters. The van der Waals surface area contributed by atoms with Gasteiger partial charge in [0.1, 0.15) is 29.7 Å². The number of benzene rings is 1. The topological polar surface area (TPSA) is 154 Å². The number of hydrogen-bond acceptors (Lipinski definition) is 13. The SMILES string of the molecule is CC[C@H]1OC(=O)[C@H](C)C(=O)[C@H](C)[C@@H](O[C@@H]2O[C@H](C)C[C@H](N(C)C)[C@H]2O)[C@](C)(OC)C[C@@H](C)C(=O)[C@H](C)[C@H]2N(c3ccc(N4CCOCC4)c(F)c3)C(=O)O[C@]12C. The van der Waals surface area contributed by atoms with Crippen molar-refractivity contribution in [3.63, 3.8) is 0 Å². The Hall–Kier alpha value is -3.21. The second-order valence-corrected chi connectivity index (χ2v) is 16.8. The summed E-state index contributed by atoms with van der Waals surface area (Å²) in [6, 6.07) is 3.12. The number of aliphatic hydroxyl groups excluding tert-OH is 1. The first kappa shape index (κ1) is 43.9. The van der Waals surface area contributed by atoms with Gasteiger partial charge in [-0.3, -0.25) is 19.3 Å². The number of ketones is 2. The van der Waals surface area contributed by atoms with Crippen LogP contribution in [0.25, 0.3) is 0 Å². The van der Waals surface area contributed by atoms with Crippen LogP contribution >= 0.6 is 0 Å². The van der Waals surface area contributed by atoms with Crippen molar-refractivity contribution < 1.29 is 57.1 Å². The number of carbonyl (C=O) groups excluding carboxylic acids is 4. The minimum absolute atomic E-state index is 0.0571. The third kappa shape index (κ3) is 8.35. The van der Waals surface area contributed by atoms with Crippen LogP contribution in [0.4, 0.5) is 20.6 Å². The largest absolute Gasteiger partial charge is 0.458 e. The molecule has 0 aromatic heterocycles. The molecule has 56 heavy (non-hydrogen) atoms. The lowest BCUT2D eigenvalue weighted by molar-refractivity contribution is -0.295. The number of likely N-dealkylation sites (N-methyl/N-ethyl adjacent to an activating group) is 1. The molecule has 4 heterocycles. The van der Waals surface area contributed by atoms with E-state index in [-0.39, 0.29) is 36.5 Å². The van der Waals surface area contributed by atoms with Crippen LogP contribution in [0.3, 0.4) is 0 Å². The molecule has 0 aliphatic carbocycles. The molecule has 4 saturated heterocycles. The minimum Gasteiger partial charge on any atom is -0.458 e. The number of methoxy groups -OCH3 is 1. The number of aliphatic hydroxyl groups is 1. The first-order valence-electron chi connectivity index (χ1n) is 19.9. The maximum atomic E-state index is 15.9. The van der Waals surface area contributed by atoms with Gasteiger partial charge in [-0.05, 0) is 79.3 Å². The average Bonchev–Trinajstić information content (AvgIpc) is 3.44. The highest BCUT2D eigenvalue weighted by Gasteiger charge is 2.61. The lowest BCUT2D eigenvalue weighted by Gasteiger charge is -2.47. The molecular weight excluding hydrogens is 729 g/mol. The zero-order valence-electron chi connectivity index (χ0n) is 34.8. The molecule has 4 aliphatic heterocycles. The van der Waals surface area contributed by atoms with E-state index < -0.39 is 89.2 Å². The van der Waals surface area contributed by atoms with Crippen LogP contribution in [0.15, 0.2) is 18.2 Å². The second kappa shape index (κ2) is 17.3. The van der Waals surface area contributed by atoms with Crippen LogP contribution in [0, 0.1) is 29.5 Å². The van der Waals surface area contributed by atoms with E-state index >= 15 is 4.39 Å². The number of cyclic esters (lactones) is 1. The van der Waals surface area contributed by atoms with Crippen LogP contribution in [-0.2, 0) is 42.8 Å². The summed E-state index contributed by atoms with van der Waals surface area (Å²) >= 11 is 0. The van der Waals surface area contributed by atoms with Crippen LogP contribution in [-0.4, -0.2) is 135 Å². The quantitative estimate of drug-likeness (QED) is 0.308. The molecule has 14 nitrogen and oxygen atoms in total. The maximum Gasteiger partial charge on any atom is 0.415 e. The Labute approximate surface area is 330 Å². The van der Waals surface area contributed by atoms with Gasteiger partial charge >= 0.3 is 12.1 Å². The zero-order chi connectivity index (χ0) is 41.4. The third-order valence-corrected chi connectivity index (χ3v) is 12.6. The highest BCUT2D eigenvalue weighted by atomic mass is 19.1. The van der Waals surface area contributed by atoms with Gasteiger partial charge in [-0.25, -0.2) is 9.18 Å². The Morgan fingerprint density at radius 3 is 2.25 bits per heavy atom. The van der Waals surface area contributed by atoms with Gasteiger partial charge in [-0.2, -0.15) is 0 Å². The summed E-state index contributed by atoms with van der Waals surface area (Å²) in [5.74, 6) is -6.12. The molecular formula is C41H62FN3O11. The number of halogens is 1. The van der Waals surface area contributed by atoms with Crippen molar-refractivity contribution in [2.45, 2.75) is 129 Å². The first-order valence-corrected chi connectivity index (χ1v) is 19.9. The number of fused-ring (bicyclic) bond motifs is 1. The number of morpholine rings is 1. The standard InChI is InChI=1S/C41H62FN3O11/c1-12-31-41(8)35(45(39(50)56-41)27-13-14-29(28(42)20-27)44-15-17-52-18-16-44)24(4)32(46)22(2)21-40(7,51-11)36(25(5)33(47)26(6)37(49)54-31)55-38-34(48)30(43(9)10)19-23(3)53-38/h13-14,20,22-26,30-31,34-36,38,48H,12,15-19,21H2,1-11H3/t22-,23-,24+,25+,26-,30+,31-,34-,35-,36-,38+,40-,41-/m1/s1. The number of rotatable bonds is 7. The number of Topliss-reactive ketones (excluding diaryl/α,β-unsaturated/α-hetero) is 2. The molecule has 314 valence electrons. The van der Waals surface area contributed by atoms with Crippen molar-refractivity contribution in [3.05, 3.63) is 24.0 Å². The molecule has 0 saturated carbocycles. The van der Waals surface area contributed by atoms with Crippen molar-refractivity contribution in [2.24, 2.45) is 23.7 Å². The molecule has 0 bridgehead atoms. The van der Waals surface area contributed by atoms with Gasteiger partial charge < -0.3 is 43.3 Å². The fraction of sp³-hybridized carbons (Fsp3) is 0.756. The molecule has 1 aromatic rings. The van der Waals surface area contributed by atoms with E-state index in [9.17, 15) is 24.3 Å². The number of ether oxygens (including phenoxy) is 6. The van der Waals surface area contributed by atoms with Crippen molar-refractivity contribution in [1.29, 1.82) is 0 Å². The summed E-state index contributed by atoms with van der Waals surface area (Å²) in [6.45, 7) is 15.4. The smallest absolute Gasteiger partial charge is 0.415 e. The van der Waals surface area contributed by atoms with Crippen LogP contribution in [0.1, 0.15) is 74.7 Å². The fourth-order valence-electron chi connectivity index (χ4n) is 9.34. The Bertz CT molecular complexity index is 1610. The van der Waals surface area contributed by atoms with Gasteiger partial charge in [-0.1, -0.05) is 27.7 Å². The van der Waals surface area contributed by atoms with Crippen molar-refractivity contribution in [1.82, 2.24) is 4.90 Å². The summed E-state index contributed by atoms with van der Waals surface area (Å²) in [5.41, 5.74) is -2.38. The lowest BCUT2D eigenvalue weighted by atomic mass is 9.73. The van der Waals surface area contributed by atoms with Crippen molar-refractivity contribution in [2.75, 3.05) is 57.3 Å². The number of anilines is 2. The molecule has 13 atom stereocenters. The average molecular weight is 792 g/mol. The predicted octanol–water partition coefficient (Wildman–Crippen LogP) is 4.37. The van der Waals surface area contributed by atoms with Crippen LogP contribution < -0.4 is 9.80 Å². The molecule has 4 aliphatic rings. The number of amides is 1. The number of carbonyl (C=O) groups is 4. The van der Waals surface area contributed by atoms with Gasteiger partial charge in [-0.15, -0.1) is 0 Å². The summed E-state index contributed by atoms with van der Waals surface area (Å²) in [5, 5.41) is 11.4. The van der Waals surface area contributed by atoms with Crippen LogP contribution in [0.2, 0.25) is 0 Å². The van der Waals surface area contributed by atoms with Gasteiger partial charge in [0, 0.05) is 44.0 Å². The number of hydrogen-bond donors (Lipinski definition) is 1. The van der Waals surface area contributed by atoms with E-state index in [0.29, 0.717) is 38.4 Å². The third-order valence-electron chi connectivity index (χ3n) is 12.6. The zero-order valence-corrected chi connectivity index (χ0v) is 34.8. The molecule has 1 N–H and O–H groups in total. The Morgan fingerprint density at radius 2 is 1.66 bits per heavy atom. The Morgan fingerprint density at radius 1 is 1.00 bits per heavy atom. The van der Waals surface area contributed by atoms with E-state index in [2.05, 4.69) is 0 Å². The first-order chi connectivity index (χ1) is 26.3. The van der Waals surface area contributed by atoms with Gasteiger partial charge in [0.2, 0.25) is 0 Å². The Balaban J connectivity index is 1.57. The summed E-state index contributed by atoms with van der Waals surface area (Å²) in [7, 11) is 5.17. The van der Waals surface area contributed by atoms with Gasteiger partial charge in [0.05, 0.1) is 48.4 Å². The predicted molar refractivity (Wildman–Crippen MR) is 205 cm³/mol. The van der Waals surface area contributed by atoms with Crippen LogP contribution in [0.5, 0.6) is 0 Å². The number of esters is 1. The van der Waals surface area contributed by atoms with E-state index in [4.69, 9.17) is 28.4 Å². The lowest BCUT2D eigenvalue weighted by Crippen LogP contribution is -2.60. The maximum absolute atomic E-state index is 15.9. The Kier molecular flexibility index (Phi) is 13.6. The second-order valence-electron chi connectivity index (χ2n) is 16.8. The number of nitrogens with zero attached hydrogens (tertiary/aromatic N) is 3. The summed E-state index contributed by atoms with van der Waals surface area (Å²) in [6.07, 6.45) is -4.74. The molecule has 5 rings (SSSR count). The highest BCUT2D eigenvalue weighted by molar-refractivity contribution is 6.00. The monoisotopic (exact) mass is 791 g/mol. The fourth-order valence-corrected chi connectivity index (χ4v) is 9.34. The molecule has 15 heteroatoms. The van der Waals surface area contributed by atoms with Crippen molar-refractivity contribution in [3.8, 4) is 0 Å². The molecule has 1 aromatic carbocycles. The molecule has 1 amide bonds. The van der Waals surface area contributed by atoms with E-state index in [1.54, 1.807) is 53.7 Å². The normalized spacial score (nSPS) is 39.3. The van der Waals surface area contributed by atoms with E-state index in [1.807, 2.05) is 30.8 Å². The van der Waals surface area contributed by atoms with Gasteiger partial charge in [0.25, 0.3) is 0 Å². The summed E-state index contributed by atoms with van der Waals surface area (Å²) < 4.78 is 52.3. The molecule has 0 radical (unpaired) electrons. The van der Waals surface area contributed by atoms with Crippen molar-refractivity contribution >= 4 is 35.0 Å².